The number of nitrogens with two attached hydrogens (primary N) is 1. The van der Waals surface area contributed by atoms with Crippen molar-refractivity contribution >= 4 is 29.4 Å². The number of hydrogen-bond acceptors (Lipinski definition) is 6. The monoisotopic (exact) mass is 532 g/mol. The van der Waals surface area contributed by atoms with Crippen molar-refractivity contribution in [1.82, 2.24) is 10.2 Å². The van der Waals surface area contributed by atoms with Crippen LogP contribution in [0.4, 0.5) is 0 Å². The molecule has 0 bridgehead atoms. The van der Waals surface area contributed by atoms with Crippen molar-refractivity contribution in [2.75, 3.05) is 20.3 Å². The molecule has 3 aliphatic rings. The molecular formula is C28H41ClN4O4. The van der Waals surface area contributed by atoms with E-state index in [0.717, 1.165) is 29.9 Å². The van der Waals surface area contributed by atoms with Gasteiger partial charge in [0.15, 0.2) is 5.96 Å². The second-order valence-corrected chi connectivity index (χ2v) is 11.3. The molecule has 1 aliphatic carbocycles. The van der Waals surface area contributed by atoms with Gasteiger partial charge in [-0.15, -0.1) is 12.8 Å². The minimum absolute atomic E-state index is 0.00403. The molecule has 0 radical (unpaired) electrons. The molecule has 1 aromatic rings. The zero-order valence-corrected chi connectivity index (χ0v) is 23.8. The minimum Gasteiger partial charge on any atom is -0.487 e. The Labute approximate surface area is 226 Å². The second-order valence-electron chi connectivity index (χ2n) is 10.9. The van der Waals surface area contributed by atoms with Crippen LogP contribution in [0.1, 0.15) is 71.0 Å². The number of rotatable bonds is 5. The lowest BCUT2D eigenvalue weighted by Gasteiger charge is -2.38. The van der Waals surface area contributed by atoms with Gasteiger partial charge in [0.25, 0.3) is 0 Å². The Kier molecular flexibility index (Phi) is 10.0. The quantitative estimate of drug-likeness (QED) is 0.552. The van der Waals surface area contributed by atoms with Gasteiger partial charge in [0.2, 0.25) is 11.8 Å². The molecule has 8 nitrogen and oxygen atoms in total. The molecule has 3 N–H and O–H groups in total. The number of aliphatic imine (C=N–C) groups is 1. The van der Waals surface area contributed by atoms with Crippen LogP contribution < -0.4 is 15.8 Å². The summed E-state index contributed by atoms with van der Waals surface area (Å²) in [5.41, 5.74) is 7.01. The first-order valence-corrected chi connectivity index (χ1v) is 12.9. The van der Waals surface area contributed by atoms with E-state index >= 15 is 0 Å². The molecular weight excluding hydrogens is 492 g/mol. The molecule has 37 heavy (non-hydrogen) atoms. The molecule has 1 fully saturated rings. The number of halogens is 1. The van der Waals surface area contributed by atoms with Crippen molar-refractivity contribution in [3.05, 3.63) is 28.3 Å². The average molecular weight is 533 g/mol. The summed E-state index contributed by atoms with van der Waals surface area (Å²) in [6, 6.07) is 3.65. The Hall–Kier alpha value is -2.76. The van der Waals surface area contributed by atoms with Crippen molar-refractivity contribution in [2.24, 2.45) is 22.6 Å². The number of amides is 2. The maximum atomic E-state index is 13.0. The van der Waals surface area contributed by atoms with Gasteiger partial charge in [0.1, 0.15) is 11.4 Å². The van der Waals surface area contributed by atoms with Crippen molar-refractivity contribution in [1.29, 1.82) is 0 Å². The van der Waals surface area contributed by atoms with Crippen LogP contribution in [0.15, 0.2) is 17.1 Å². The van der Waals surface area contributed by atoms with Crippen LogP contribution in [0, 0.1) is 31.6 Å². The van der Waals surface area contributed by atoms with Gasteiger partial charge in [-0.25, -0.2) is 4.99 Å². The molecule has 9 heteroatoms. The molecule has 1 unspecified atom stereocenters. The number of methoxy groups -OCH3 is 1. The van der Waals surface area contributed by atoms with E-state index in [1.54, 1.807) is 7.11 Å². The maximum Gasteiger partial charge on any atom is 0.231 e. The van der Waals surface area contributed by atoms with E-state index in [2.05, 4.69) is 27.9 Å². The standard InChI is InChI=1S/C23H31ClN4O3.C3H8O.C2H2/c1-12-6-18-15(8-16(12)24)17(9-23(4,5)31-18)26-20(30)14-7-13(14)11-28-19(29)10-22(2,3)27-21(28)25;1-3-4-2;1-2/h6,8,13-14,17H,7,9-11H2,1-5H3,(H2,25,27)(H,26,30);3H2,1-2H3;1-2H/t13-,14?,17+;;/m1../s1. The van der Waals surface area contributed by atoms with Gasteiger partial charge in [-0.05, 0) is 71.6 Å². The Morgan fingerprint density at radius 2 is 1.95 bits per heavy atom. The smallest absolute Gasteiger partial charge is 0.231 e. The summed E-state index contributed by atoms with van der Waals surface area (Å²) in [6.07, 6.45) is 9.72. The Balaban J connectivity index is 0.000000733. The van der Waals surface area contributed by atoms with Crippen LogP contribution in [-0.4, -0.2) is 54.1 Å². The number of nitrogens with one attached hydrogen (secondary N) is 1. The fraction of sp³-hybridized carbons (Fsp3) is 0.607. The SMILES string of the molecule is C#C.CCOC.Cc1cc2c(cc1Cl)[C@@H](NC(=O)C1C[C@@H]1CN1C(=O)CC(C)(C)N=C1N)CC(C)(C)O2. The first-order chi connectivity index (χ1) is 17.3. The van der Waals surface area contributed by atoms with Gasteiger partial charge in [-0.1, -0.05) is 11.6 Å². The minimum atomic E-state index is -0.471. The van der Waals surface area contributed by atoms with Gasteiger partial charge in [0.05, 0.1) is 18.0 Å². The molecule has 204 valence electrons. The number of aryl methyl sites for hydroxylation is 1. The highest BCUT2D eigenvalue weighted by molar-refractivity contribution is 6.31. The van der Waals surface area contributed by atoms with Crippen LogP contribution in [-0.2, 0) is 14.3 Å². The molecule has 4 rings (SSSR count). The van der Waals surface area contributed by atoms with E-state index in [4.69, 9.17) is 22.1 Å². The molecule has 2 aliphatic heterocycles. The number of ether oxygens (including phenoxy) is 2. The second kappa shape index (κ2) is 12.2. The first kappa shape index (κ1) is 30.5. The van der Waals surface area contributed by atoms with Gasteiger partial charge in [0, 0.05) is 43.2 Å². The zero-order chi connectivity index (χ0) is 28.1. The van der Waals surface area contributed by atoms with E-state index in [9.17, 15) is 9.59 Å². The number of fused-ring (bicyclic) bond motifs is 1. The largest absolute Gasteiger partial charge is 0.487 e. The summed E-state index contributed by atoms with van der Waals surface area (Å²) in [6.45, 7) is 13.0. The lowest BCUT2D eigenvalue weighted by atomic mass is 9.89. The van der Waals surface area contributed by atoms with Crippen molar-refractivity contribution in [3.8, 4) is 18.6 Å². The Bertz CT molecular complexity index is 1050. The predicted molar refractivity (Wildman–Crippen MR) is 147 cm³/mol. The highest BCUT2D eigenvalue weighted by Crippen LogP contribution is 2.44. The third-order valence-electron chi connectivity index (χ3n) is 6.61. The molecule has 0 spiro atoms. The van der Waals surface area contributed by atoms with Crippen LogP contribution in [0.5, 0.6) is 5.75 Å². The first-order valence-electron chi connectivity index (χ1n) is 12.5. The predicted octanol–water partition coefficient (Wildman–Crippen LogP) is 4.23. The molecule has 0 aromatic heterocycles. The zero-order valence-electron chi connectivity index (χ0n) is 23.1. The van der Waals surface area contributed by atoms with Crippen molar-refractivity contribution < 1.29 is 19.1 Å². The van der Waals surface area contributed by atoms with E-state index in [1.165, 1.54) is 4.90 Å². The highest BCUT2D eigenvalue weighted by atomic mass is 35.5. The highest BCUT2D eigenvalue weighted by Gasteiger charge is 2.47. The van der Waals surface area contributed by atoms with Gasteiger partial charge in [-0.3, -0.25) is 14.5 Å². The summed E-state index contributed by atoms with van der Waals surface area (Å²) in [4.78, 5) is 31.4. The number of carbonyl (C=O) groups is 2. The number of guanidine groups is 1. The van der Waals surface area contributed by atoms with Crippen molar-refractivity contribution in [2.45, 2.75) is 78.0 Å². The van der Waals surface area contributed by atoms with Crippen LogP contribution in [0.3, 0.4) is 0 Å². The lowest BCUT2D eigenvalue weighted by Crippen LogP contribution is -2.50. The normalized spacial score (nSPS) is 24.6. The molecule has 3 atom stereocenters. The fourth-order valence-corrected chi connectivity index (χ4v) is 4.76. The van der Waals surface area contributed by atoms with E-state index in [0.29, 0.717) is 24.4 Å². The number of benzene rings is 1. The lowest BCUT2D eigenvalue weighted by molar-refractivity contribution is -0.130. The van der Waals surface area contributed by atoms with Crippen LogP contribution in [0.25, 0.3) is 0 Å². The number of hydrogen-bond donors (Lipinski definition) is 2. The summed E-state index contributed by atoms with van der Waals surface area (Å²) in [5, 5.41) is 3.86. The van der Waals surface area contributed by atoms with E-state index in [-0.39, 0.29) is 35.7 Å². The molecule has 1 aromatic carbocycles. The fourth-order valence-electron chi connectivity index (χ4n) is 4.58. The number of carbonyl (C=O) groups excluding carboxylic acids is 2. The molecule has 2 amide bonds. The van der Waals surface area contributed by atoms with Gasteiger partial charge < -0.3 is 20.5 Å². The summed E-state index contributed by atoms with van der Waals surface area (Å²) in [5.74, 6) is 0.932. The van der Waals surface area contributed by atoms with Gasteiger partial charge in [-0.2, -0.15) is 0 Å². The Morgan fingerprint density at radius 3 is 2.51 bits per heavy atom. The molecule has 0 saturated heterocycles. The number of terminal acetylenes is 1. The summed E-state index contributed by atoms with van der Waals surface area (Å²) in [7, 11) is 1.68. The third kappa shape index (κ3) is 7.86. The van der Waals surface area contributed by atoms with Gasteiger partial charge >= 0.3 is 0 Å². The molecule has 1 saturated carbocycles. The van der Waals surface area contributed by atoms with E-state index in [1.807, 2.05) is 53.7 Å². The topological polar surface area (TPSA) is 106 Å². The summed E-state index contributed by atoms with van der Waals surface area (Å²) >= 11 is 6.34. The summed E-state index contributed by atoms with van der Waals surface area (Å²) < 4.78 is 10.7. The Morgan fingerprint density at radius 1 is 1.32 bits per heavy atom. The van der Waals surface area contributed by atoms with E-state index < -0.39 is 11.1 Å². The van der Waals surface area contributed by atoms with Crippen LogP contribution >= 0.6 is 11.6 Å². The van der Waals surface area contributed by atoms with Crippen molar-refractivity contribution in [3.63, 3.8) is 0 Å². The number of nitrogens with zero attached hydrogens (tertiary/aromatic N) is 2. The average Bonchev–Trinajstić information content (AvgIpc) is 3.58. The molecule has 2 heterocycles. The van der Waals surface area contributed by atoms with Crippen LogP contribution in [0.2, 0.25) is 5.02 Å². The third-order valence-corrected chi connectivity index (χ3v) is 7.02. The maximum absolute atomic E-state index is 13.0.